The zero-order valence-electron chi connectivity index (χ0n) is 11.2. The highest BCUT2D eigenvalue weighted by atomic mass is 16.5. The summed E-state index contributed by atoms with van der Waals surface area (Å²) in [7, 11) is 0. The number of amides is 2. The molecular weight excluding hydrogens is 246 g/mol. The maximum atomic E-state index is 11.6. The van der Waals surface area contributed by atoms with Gasteiger partial charge in [0.25, 0.3) is 0 Å². The first-order valence-corrected chi connectivity index (χ1v) is 7.12. The fourth-order valence-corrected chi connectivity index (χ4v) is 2.03. The molecule has 2 fully saturated rings. The van der Waals surface area contributed by atoms with Gasteiger partial charge in [-0.1, -0.05) is 0 Å². The summed E-state index contributed by atoms with van der Waals surface area (Å²) in [5.74, 6) is 0.0906. The lowest BCUT2D eigenvalue weighted by Crippen LogP contribution is -2.41. The van der Waals surface area contributed by atoms with Crippen molar-refractivity contribution in [1.82, 2.24) is 16.0 Å². The fourth-order valence-electron chi connectivity index (χ4n) is 2.03. The molecule has 1 atom stereocenters. The molecule has 19 heavy (non-hydrogen) atoms. The fraction of sp³-hybridized carbons (Fsp3) is 0.846. The Morgan fingerprint density at radius 3 is 2.79 bits per heavy atom. The first kappa shape index (κ1) is 14.3. The third-order valence-corrected chi connectivity index (χ3v) is 3.26. The molecule has 108 valence electrons. The molecule has 6 nitrogen and oxygen atoms in total. The molecule has 6 heteroatoms. The van der Waals surface area contributed by atoms with Gasteiger partial charge < -0.3 is 20.7 Å². The first-order valence-electron chi connectivity index (χ1n) is 7.12. The normalized spacial score (nSPS) is 22.8. The predicted octanol–water partition coefficient (Wildman–Crippen LogP) is -0.460. The lowest BCUT2D eigenvalue weighted by molar-refractivity contribution is -0.125. The van der Waals surface area contributed by atoms with E-state index in [1.165, 1.54) is 0 Å². The number of carbonyl (C=O) groups is 2. The van der Waals surface area contributed by atoms with Gasteiger partial charge in [-0.15, -0.1) is 0 Å². The van der Waals surface area contributed by atoms with Crippen molar-refractivity contribution < 1.29 is 14.3 Å². The van der Waals surface area contributed by atoms with E-state index in [0.29, 0.717) is 38.5 Å². The monoisotopic (exact) mass is 269 g/mol. The molecule has 1 aliphatic heterocycles. The quantitative estimate of drug-likeness (QED) is 0.546. The maximum Gasteiger partial charge on any atom is 0.222 e. The van der Waals surface area contributed by atoms with Crippen LogP contribution in [0.1, 0.15) is 32.1 Å². The van der Waals surface area contributed by atoms with Crippen LogP contribution < -0.4 is 16.0 Å². The molecule has 1 saturated carbocycles. The minimum Gasteiger partial charge on any atom is -0.375 e. The van der Waals surface area contributed by atoms with Gasteiger partial charge in [0, 0.05) is 32.1 Å². The van der Waals surface area contributed by atoms with Gasteiger partial charge in [0.15, 0.2) is 0 Å². The van der Waals surface area contributed by atoms with E-state index in [2.05, 4.69) is 16.0 Å². The summed E-state index contributed by atoms with van der Waals surface area (Å²) in [6.07, 6.45) is 3.76. The smallest absolute Gasteiger partial charge is 0.222 e. The molecule has 1 saturated heterocycles. The lowest BCUT2D eigenvalue weighted by atomic mass is 10.2. The number of nitrogens with one attached hydrogen (secondary N) is 3. The van der Waals surface area contributed by atoms with Crippen LogP contribution in [-0.4, -0.2) is 50.2 Å². The van der Waals surface area contributed by atoms with Crippen molar-refractivity contribution in [2.75, 3.05) is 26.2 Å². The zero-order chi connectivity index (χ0) is 13.5. The van der Waals surface area contributed by atoms with Gasteiger partial charge in [0.05, 0.1) is 19.1 Å². The summed E-state index contributed by atoms with van der Waals surface area (Å²) in [6.45, 7) is 2.81. The molecule has 0 aromatic heterocycles. The summed E-state index contributed by atoms with van der Waals surface area (Å²) in [4.78, 5) is 23.0. The standard InChI is InChI=1S/C13H23N3O3/c17-12(16-10-3-4-10)2-1-5-15-13(18)8-11-9-14-6-7-19-11/h10-11,14H,1-9H2,(H,15,18)(H,16,17). The minimum absolute atomic E-state index is 0.00342. The number of morpholine rings is 1. The lowest BCUT2D eigenvalue weighted by Gasteiger charge is -2.23. The third-order valence-electron chi connectivity index (χ3n) is 3.26. The highest BCUT2D eigenvalue weighted by molar-refractivity contribution is 5.77. The van der Waals surface area contributed by atoms with Crippen molar-refractivity contribution in [3.63, 3.8) is 0 Å². The number of ether oxygens (including phenoxy) is 1. The van der Waals surface area contributed by atoms with E-state index in [0.717, 1.165) is 25.9 Å². The summed E-state index contributed by atoms with van der Waals surface area (Å²) in [5.41, 5.74) is 0. The van der Waals surface area contributed by atoms with Crippen molar-refractivity contribution in [2.24, 2.45) is 0 Å². The van der Waals surface area contributed by atoms with Crippen LogP contribution >= 0.6 is 0 Å². The van der Waals surface area contributed by atoms with Crippen molar-refractivity contribution >= 4 is 11.8 Å². The van der Waals surface area contributed by atoms with E-state index >= 15 is 0 Å². The zero-order valence-corrected chi connectivity index (χ0v) is 11.2. The van der Waals surface area contributed by atoms with Gasteiger partial charge >= 0.3 is 0 Å². The van der Waals surface area contributed by atoms with Gasteiger partial charge in [-0.2, -0.15) is 0 Å². The molecule has 1 heterocycles. The largest absolute Gasteiger partial charge is 0.375 e. The molecule has 2 aliphatic rings. The molecule has 2 rings (SSSR count). The molecule has 0 bridgehead atoms. The van der Waals surface area contributed by atoms with Gasteiger partial charge in [0.1, 0.15) is 0 Å². The van der Waals surface area contributed by atoms with E-state index in [1.54, 1.807) is 0 Å². The van der Waals surface area contributed by atoms with E-state index < -0.39 is 0 Å². The Kier molecular flexibility index (Phi) is 5.60. The Hall–Kier alpha value is -1.14. The van der Waals surface area contributed by atoms with Crippen LogP contribution in [-0.2, 0) is 14.3 Å². The van der Waals surface area contributed by atoms with Crippen LogP contribution in [0.3, 0.4) is 0 Å². The second-order valence-corrected chi connectivity index (χ2v) is 5.20. The Morgan fingerprint density at radius 2 is 2.11 bits per heavy atom. The van der Waals surface area contributed by atoms with Crippen LogP contribution in [0.4, 0.5) is 0 Å². The highest BCUT2D eigenvalue weighted by Crippen LogP contribution is 2.18. The van der Waals surface area contributed by atoms with Gasteiger partial charge in [0.2, 0.25) is 11.8 Å². The van der Waals surface area contributed by atoms with Gasteiger partial charge in [-0.25, -0.2) is 0 Å². The van der Waals surface area contributed by atoms with Crippen LogP contribution in [0.15, 0.2) is 0 Å². The SMILES string of the molecule is O=C(CC1CNCCO1)NCCCC(=O)NC1CC1. The molecule has 0 aromatic rings. The molecule has 2 amide bonds. The van der Waals surface area contributed by atoms with Crippen molar-refractivity contribution in [3.8, 4) is 0 Å². The van der Waals surface area contributed by atoms with E-state index in [4.69, 9.17) is 4.74 Å². The second-order valence-electron chi connectivity index (χ2n) is 5.20. The van der Waals surface area contributed by atoms with E-state index in [1.807, 2.05) is 0 Å². The molecule has 3 N–H and O–H groups in total. The number of rotatable bonds is 7. The average molecular weight is 269 g/mol. The van der Waals surface area contributed by atoms with Crippen LogP contribution in [0.2, 0.25) is 0 Å². The van der Waals surface area contributed by atoms with E-state index in [-0.39, 0.29) is 17.9 Å². The second kappa shape index (κ2) is 7.45. The molecular formula is C13H23N3O3. The van der Waals surface area contributed by atoms with Crippen molar-refractivity contribution in [1.29, 1.82) is 0 Å². The maximum absolute atomic E-state index is 11.6. The Bertz CT molecular complexity index is 312. The summed E-state index contributed by atoms with van der Waals surface area (Å²) >= 11 is 0. The Morgan fingerprint density at radius 1 is 1.26 bits per heavy atom. The molecule has 1 unspecified atom stereocenters. The molecule has 0 spiro atoms. The average Bonchev–Trinajstić information content (AvgIpc) is 3.20. The number of hydrogen-bond acceptors (Lipinski definition) is 4. The number of hydrogen-bond donors (Lipinski definition) is 3. The van der Waals surface area contributed by atoms with Gasteiger partial charge in [-0.05, 0) is 19.3 Å². The summed E-state index contributed by atoms with van der Waals surface area (Å²) < 4.78 is 5.46. The topological polar surface area (TPSA) is 79.5 Å². The van der Waals surface area contributed by atoms with E-state index in [9.17, 15) is 9.59 Å². The Labute approximate surface area is 113 Å². The Balaban J connectivity index is 1.47. The molecule has 0 aromatic carbocycles. The summed E-state index contributed by atoms with van der Waals surface area (Å²) in [6, 6.07) is 0.415. The molecule has 1 aliphatic carbocycles. The third kappa shape index (κ3) is 6.02. The van der Waals surface area contributed by atoms with Gasteiger partial charge in [-0.3, -0.25) is 9.59 Å². The summed E-state index contributed by atoms with van der Waals surface area (Å²) in [5, 5.41) is 8.94. The van der Waals surface area contributed by atoms with Crippen molar-refractivity contribution in [2.45, 2.75) is 44.2 Å². The van der Waals surface area contributed by atoms with Crippen molar-refractivity contribution in [3.05, 3.63) is 0 Å². The first-order chi connectivity index (χ1) is 9.24. The van der Waals surface area contributed by atoms with Crippen LogP contribution in [0, 0.1) is 0 Å². The predicted molar refractivity (Wildman–Crippen MR) is 70.6 cm³/mol. The molecule has 0 radical (unpaired) electrons. The minimum atomic E-state index is -0.0214. The van der Waals surface area contributed by atoms with Crippen LogP contribution in [0.25, 0.3) is 0 Å². The van der Waals surface area contributed by atoms with Crippen LogP contribution in [0.5, 0.6) is 0 Å². The highest BCUT2D eigenvalue weighted by Gasteiger charge is 2.22. The number of carbonyl (C=O) groups excluding carboxylic acids is 2.